The molecule has 1 heterocycles. The van der Waals surface area contributed by atoms with Crippen LogP contribution in [0.25, 0.3) is 0 Å². The van der Waals surface area contributed by atoms with Crippen LogP contribution in [0.4, 0.5) is 4.79 Å². The molecule has 1 saturated heterocycles. The molecule has 2 amide bonds. The van der Waals surface area contributed by atoms with Gasteiger partial charge in [0.05, 0.1) is 7.11 Å². The van der Waals surface area contributed by atoms with Gasteiger partial charge in [0, 0.05) is 12.6 Å². The molecule has 0 aromatic heterocycles. The molecule has 1 fully saturated rings. The summed E-state index contributed by atoms with van der Waals surface area (Å²) in [6.45, 7) is 5.09. The van der Waals surface area contributed by atoms with E-state index in [1.165, 1.54) is 13.5 Å². The highest BCUT2D eigenvalue weighted by Gasteiger charge is 2.28. The van der Waals surface area contributed by atoms with Gasteiger partial charge >= 0.3 is 6.03 Å². The minimum Gasteiger partial charge on any atom is -0.320 e. The number of piperidine rings is 1. The Bertz CT molecular complexity index is 184. The van der Waals surface area contributed by atoms with Crippen LogP contribution >= 0.6 is 0 Å². The van der Waals surface area contributed by atoms with Crippen molar-refractivity contribution in [3.63, 3.8) is 0 Å². The number of hydrogen-bond donors (Lipinski definition) is 1. The summed E-state index contributed by atoms with van der Waals surface area (Å²) in [6.07, 6.45) is 2.29. The molecule has 4 heteroatoms. The average Bonchev–Trinajstić information content (AvgIpc) is 2.10. The number of hydroxylamine groups is 1. The van der Waals surface area contributed by atoms with Crippen molar-refractivity contribution in [1.29, 1.82) is 0 Å². The Labute approximate surface area is 79.2 Å². The van der Waals surface area contributed by atoms with Crippen molar-refractivity contribution in [3.8, 4) is 0 Å². The van der Waals surface area contributed by atoms with Gasteiger partial charge in [-0.25, -0.2) is 10.3 Å². The Morgan fingerprint density at radius 3 is 2.85 bits per heavy atom. The van der Waals surface area contributed by atoms with Gasteiger partial charge in [-0.1, -0.05) is 6.92 Å². The third-order valence-corrected chi connectivity index (χ3v) is 2.82. The Balaban J connectivity index is 2.52. The van der Waals surface area contributed by atoms with Crippen molar-refractivity contribution in [2.45, 2.75) is 32.7 Å². The molecule has 0 aromatic carbocycles. The number of nitrogens with zero attached hydrogens (tertiary/aromatic N) is 1. The van der Waals surface area contributed by atoms with E-state index in [4.69, 9.17) is 0 Å². The summed E-state index contributed by atoms with van der Waals surface area (Å²) in [5.41, 5.74) is 2.35. The Hall–Kier alpha value is -0.770. The van der Waals surface area contributed by atoms with Crippen molar-refractivity contribution >= 4 is 6.03 Å². The molecule has 76 valence electrons. The topological polar surface area (TPSA) is 41.6 Å². The van der Waals surface area contributed by atoms with E-state index in [1.54, 1.807) is 0 Å². The SMILES string of the molecule is CONC(=O)N1CCCC(C)C1C. The summed E-state index contributed by atoms with van der Waals surface area (Å²) in [5, 5.41) is 0. The van der Waals surface area contributed by atoms with Gasteiger partial charge in [0.2, 0.25) is 0 Å². The van der Waals surface area contributed by atoms with E-state index in [2.05, 4.69) is 24.2 Å². The lowest BCUT2D eigenvalue weighted by atomic mass is 9.92. The number of rotatable bonds is 1. The van der Waals surface area contributed by atoms with Gasteiger partial charge in [0.15, 0.2) is 0 Å². The molecule has 0 bridgehead atoms. The minimum atomic E-state index is -0.124. The van der Waals surface area contributed by atoms with Gasteiger partial charge in [-0.3, -0.25) is 4.84 Å². The maximum absolute atomic E-state index is 11.4. The summed E-state index contributed by atoms with van der Waals surface area (Å²) in [5.74, 6) is 0.580. The van der Waals surface area contributed by atoms with E-state index in [0.717, 1.165) is 13.0 Å². The number of hydrogen-bond acceptors (Lipinski definition) is 2. The highest BCUT2D eigenvalue weighted by molar-refractivity contribution is 5.73. The number of carbonyl (C=O) groups excluding carboxylic acids is 1. The first kappa shape index (κ1) is 10.3. The van der Waals surface area contributed by atoms with E-state index in [-0.39, 0.29) is 6.03 Å². The van der Waals surface area contributed by atoms with Crippen molar-refractivity contribution in [1.82, 2.24) is 10.4 Å². The maximum Gasteiger partial charge on any atom is 0.341 e. The molecule has 2 atom stereocenters. The van der Waals surface area contributed by atoms with Crippen molar-refractivity contribution < 1.29 is 9.63 Å². The third kappa shape index (κ3) is 2.34. The standard InChI is InChI=1S/C9H18N2O2/c1-7-5-4-6-11(8(7)2)9(12)10-13-3/h7-8H,4-6H2,1-3H3,(H,10,12). The molecule has 0 aromatic rings. The summed E-state index contributed by atoms with van der Waals surface area (Å²) in [7, 11) is 1.45. The van der Waals surface area contributed by atoms with Crippen LogP contribution in [-0.4, -0.2) is 30.6 Å². The predicted molar refractivity (Wildman–Crippen MR) is 50.1 cm³/mol. The van der Waals surface area contributed by atoms with E-state index in [0.29, 0.717) is 12.0 Å². The second-order valence-corrected chi connectivity index (χ2v) is 3.66. The number of carbonyl (C=O) groups is 1. The molecule has 0 spiro atoms. The lowest BCUT2D eigenvalue weighted by molar-refractivity contribution is 0.0629. The fourth-order valence-electron chi connectivity index (χ4n) is 1.77. The number of urea groups is 1. The van der Waals surface area contributed by atoms with Gasteiger partial charge in [-0.05, 0) is 25.7 Å². The normalized spacial score (nSPS) is 28.7. The monoisotopic (exact) mass is 186 g/mol. The second-order valence-electron chi connectivity index (χ2n) is 3.66. The van der Waals surface area contributed by atoms with Crippen LogP contribution in [0.1, 0.15) is 26.7 Å². The van der Waals surface area contributed by atoms with Crippen LogP contribution in [-0.2, 0) is 4.84 Å². The first-order chi connectivity index (χ1) is 6.16. The van der Waals surface area contributed by atoms with Crippen molar-refractivity contribution in [2.24, 2.45) is 5.92 Å². The molecule has 2 unspecified atom stereocenters. The maximum atomic E-state index is 11.4. The molecular formula is C9H18N2O2. The third-order valence-electron chi connectivity index (χ3n) is 2.82. The van der Waals surface area contributed by atoms with Crippen LogP contribution in [0.3, 0.4) is 0 Å². The fraction of sp³-hybridized carbons (Fsp3) is 0.889. The first-order valence-corrected chi connectivity index (χ1v) is 4.76. The van der Waals surface area contributed by atoms with Gasteiger partial charge in [-0.2, -0.15) is 0 Å². The highest BCUT2D eigenvalue weighted by atomic mass is 16.6. The van der Waals surface area contributed by atoms with E-state index in [9.17, 15) is 4.79 Å². The van der Waals surface area contributed by atoms with Gasteiger partial charge in [0.1, 0.15) is 0 Å². The van der Waals surface area contributed by atoms with Crippen LogP contribution in [0, 0.1) is 5.92 Å². The molecule has 0 radical (unpaired) electrons. The van der Waals surface area contributed by atoms with Crippen LogP contribution in [0.15, 0.2) is 0 Å². The van der Waals surface area contributed by atoms with Crippen molar-refractivity contribution in [2.75, 3.05) is 13.7 Å². The molecule has 1 N–H and O–H groups in total. The Morgan fingerprint density at radius 1 is 1.54 bits per heavy atom. The zero-order valence-corrected chi connectivity index (χ0v) is 8.54. The van der Waals surface area contributed by atoms with Gasteiger partial charge in [-0.15, -0.1) is 0 Å². The fourth-order valence-corrected chi connectivity index (χ4v) is 1.77. The Kier molecular flexibility index (Phi) is 3.54. The number of likely N-dealkylation sites (tertiary alicyclic amines) is 1. The molecule has 4 nitrogen and oxygen atoms in total. The van der Waals surface area contributed by atoms with Crippen LogP contribution in [0.2, 0.25) is 0 Å². The highest BCUT2D eigenvalue weighted by Crippen LogP contribution is 2.22. The van der Waals surface area contributed by atoms with E-state index in [1.807, 2.05) is 4.90 Å². The molecule has 13 heavy (non-hydrogen) atoms. The molecule has 1 aliphatic heterocycles. The smallest absolute Gasteiger partial charge is 0.320 e. The Morgan fingerprint density at radius 2 is 2.23 bits per heavy atom. The summed E-state index contributed by atoms with van der Waals surface area (Å²) in [6, 6.07) is 0.186. The molecule has 1 rings (SSSR count). The van der Waals surface area contributed by atoms with Crippen LogP contribution in [0.5, 0.6) is 0 Å². The first-order valence-electron chi connectivity index (χ1n) is 4.76. The molecule has 0 aliphatic carbocycles. The van der Waals surface area contributed by atoms with Crippen LogP contribution < -0.4 is 5.48 Å². The lowest BCUT2D eigenvalue weighted by Gasteiger charge is -2.37. The largest absolute Gasteiger partial charge is 0.341 e. The predicted octanol–water partition coefficient (Wildman–Crippen LogP) is 1.38. The summed E-state index contributed by atoms with van der Waals surface area (Å²) >= 11 is 0. The summed E-state index contributed by atoms with van der Waals surface area (Å²) in [4.78, 5) is 17.9. The minimum absolute atomic E-state index is 0.124. The summed E-state index contributed by atoms with van der Waals surface area (Å²) < 4.78 is 0. The van der Waals surface area contributed by atoms with Crippen molar-refractivity contribution in [3.05, 3.63) is 0 Å². The molecular weight excluding hydrogens is 168 g/mol. The van der Waals surface area contributed by atoms with E-state index < -0.39 is 0 Å². The zero-order chi connectivity index (χ0) is 9.84. The number of amides is 2. The second kappa shape index (κ2) is 4.46. The lowest BCUT2D eigenvalue weighted by Crippen LogP contribution is -2.50. The molecule has 0 saturated carbocycles. The molecule has 1 aliphatic rings. The quantitative estimate of drug-likeness (QED) is 0.628. The average molecular weight is 186 g/mol. The van der Waals surface area contributed by atoms with Gasteiger partial charge in [0.25, 0.3) is 0 Å². The zero-order valence-electron chi connectivity index (χ0n) is 8.54. The van der Waals surface area contributed by atoms with E-state index >= 15 is 0 Å². The number of nitrogens with one attached hydrogen (secondary N) is 1. The van der Waals surface area contributed by atoms with Gasteiger partial charge < -0.3 is 4.90 Å².